The Labute approximate surface area is 116 Å². The Bertz CT molecular complexity index is 530. The normalized spacial score (nSPS) is 27.9. The van der Waals surface area contributed by atoms with Gasteiger partial charge in [0.25, 0.3) is 0 Å². The van der Waals surface area contributed by atoms with E-state index in [-0.39, 0.29) is 23.8 Å². The Hall–Kier alpha value is -1.63. The number of aromatic nitrogens is 2. The van der Waals surface area contributed by atoms with Crippen molar-refractivity contribution in [1.82, 2.24) is 15.1 Å². The number of carbonyl (C=O) groups is 1. The number of likely N-dealkylation sites (tertiary alicyclic amines) is 1. The summed E-state index contributed by atoms with van der Waals surface area (Å²) in [7, 11) is 0. The van der Waals surface area contributed by atoms with E-state index in [0.717, 1.165) is 19.3 Å². The molecule has 0 aromatic carbocycles. The van der Waals surface area contributed by atoms with E-state index >= 15 is 0 Å². The van der Waals surface area contributed by atoms with Gasteiger partial charge in [0.05, 0.1) is 12.0 Å². The van der Waals surface area contributed by atoms with Crippen molar-refractivity contribution in [3.63, 3.8) is 0 Å². The molecular weight excluding hydrogens is 262 g/mol. The highest BCUT2D eigenvalue weighted by molar-refractivity contribution is 5.79. The summed E-state index contributed by atoms with van der Waals surface area (Å²) in [5.74, 6) is 0.247. The van der Waals surface area contributed by atoms with E-state index in [0.29, 0.717) is 25.6 Å². The summed E-state index contributed by atoms with van der Waals surface area (Å²) in [6.07, 6.45) is 2.39. The second-order valence-corrected chi connectivity index (χ2v) is 5.52. The van der Waals surface area contributed by atoms with Gasteiger partial charge < -0.3 is 14.1 Å². The number of hydrogen-bond donors (Lipinski definition) is 1. The average molecular weight is 281 g/mol. The Balaban J connectivity index is 1.58. The van der Waals surface area contributed by atoms with E-state index in [9.17, 15) is 9.59 Å². The fourth-order valence-electron chi connectivity index (χ4n) is 3.05. The highest BCUT2D eigenvalue weighted by Crippen LogP contribution is 2.29. The molecule has 0 bridgehead atoms. The van der Waals surface area contributed by atoms with Gasteiger partial charge in [0.1, 0.15) is 0 Å². The van der Waals surface area contributed by atoms with E-state index < -0.39 is 5.76 Å². The van der Waals surface area contributed by atoms with Crippen LogP contribution in [0.25, 0.3) is 0 Å². The van der Waals surface area contributed by atoms with Gasteiger partial charge in [-0.1, -0.05) is 0 Å². The predicted molar refractivity (Wildman–Crippen MR) is 69.2 cm³/mol. The molecule has 2 saturated heterocycles. The van der Waals surface area contributed by atoms with Crippen LogP contribution in [-0.4, -0.2) is 46.8 Å². The Morgan fingerprint density at radius 1 is 1.35 bits per heavy atom. The number of nitrogens with one attached hydrogen (secondary N) is 1. The minimum atomic E-state index is -0.518. The van der Waals surface area contributed by atoms with Crippen molar-refractivity contribution in [2.45, 2.75) is 38.2 Å². The quantitative estimate of drug-likeness (QED) is 0.852. The number of piperidine rings is 1. The van der Waals surface area contributed by atoms with Gasteiger partial charge in [0.2, 0.25) is 11.8 Å². The summed E-state index contributed by atoms with van der Waals surface area (Å²) in [6.45, 7) is 4.00. The maximum absolute atomic E-state index is 12.4. The predicted octanol–water partition coefficient (Wildman–Crippen LogP) is 0.494. The highest BCUT2D eigenvalue weighted by atomic mass is 16.5. The lowest BCUT2D eigenvalue weighted by atomic mass is 9.94. The maximum Gasteiger partial charge on any atom is 0.434 e. The second kappa shape index (κ2) is 5.40. The molecule has 110 valence electrons. The molecule has 1 amide bonds. The molecule has 0 aliphatic carbocycles. The maximum atomic E-state index is 12.4. The minimum absolute atomic E-state index is 0.00475. The largest absolute Gasteiger partial charge is 0.434 e. The molecule has 2 atom stereocenters. The fourth-order valence-corrected chi connectivity index (χ4v) is 3.05. The molecule has 0 saturated carbocycles. The van der Waals surface area contributed by atoms with Gasteiger partial charge in [0, 0.05) is 25.6 Å². The number of aromatic amines is 1. The molecule has 2 fully saturated rings. The van der Waals surface area contributed by atoms with Gasteiger partial charge >= 0.3 is 5.76 Å². The molecule has 3 rings (SSSR count). The molecule has 1 aromatic rings. The molecule has 0 spiro atoms. The molecule has 1 aromatic heterocycles. The summed E-state index contributed by atoms with van der Waals surface area (Å²) in [5.41, 5.74) is 0. The lowest BCUT2D eigenvalue weighted by molar-refractivity contribution is -0.138. The summed E-state index contributed by atoms with van der Waals surface area (Å²) < 4.78 is 10.4. The van der Waals surface area contributed by atoms with Crippen LogP contribution in [0, 0.1) is 5.92 Å². The first kappa shape index (κ1) is 13.4. The lowest BCUT2D eigenvalue weighted by Gasteiger charge is -2.32. The van der Waals surface area contributed by atoms with Crippen LogP contribution < -0.4 is 5.76 Å². The van der Waals surface area contributed by atoms with E-state index in [2.05, 4.69) is 10.2 Å². The van der Waals surface area contributed by atoms with Gasteiger partial charge in [-0.2, -0.15) is 0 Å². The van der Waals surface area contributed by atoms with Crippen molar-refractivity contribution >= 4 is 5.91 Å². The van der Waals surface area contributed by atoms with Crippen molar-refractivity contribution in [1.29, 1.82) is 0 Å². The van der Waals surface area contributed by atoms with Gasteiger partial charge in [0.15, 0.2) is 0 Å². The van der Waals surface area contributed by atoms with Gasteiger partial charge in [-0.05, 0) is 26.2 Å². The molecule has 1 N–H and O–H groups in total. The number of ether oxygens (including phenoxy) is 1. The fraction of sp³-hybridized carbons (Fsp3) is 0.769. The van der Waals surface area contributed by atoms with Crippen molar-refractivity contribution in [2.24, 2.45) is 5.92 Å². The topological polar surface area (TPSA) is 88.4 Å². The molecule has 2 aliphatic heterocycles. The van der Waals surface area contributed by atoms with E-state index in [1.54, 1.807) is 0 Å². The smallest absolute Gasteiger partial charge is 0.392 e. The number of amides is 1. The summed E-state index contributed by atoms with van der Waals surface area (Å²) >= 11 is 0. The van der Waals surface area contributed by atoms with E-state index in [1.165, 1.54) is 0 Å². The monoisotopic (exact) mass is 281 g/mol. The summed E-state index contributed by atoms with van der Waals surface area (Å²) in [6, 6.07) is 0. The van der Waals surface area contributed by atoms with Crippen LogP contribution >= 0.6 is 0 Å². The van der Waals surface area contributed by atoms with Crippen LogP contribution in [0.5, 0.6) is 0 Å². The van der Waals surface area contributed by atoms with E-state index in [4.69, 9.17) is 9.15 Å². The standard InChI is InChI=1S/C13H19N3O4/c1-8-10(4-7-19-8)12(17)16-5-2-9(3-6-16)11-14-15-13(18)20-11/h8-10H,2-7H2,1H3,(H,15,18). The van der Waals surface area contributed by atoms with Crippen LogP contribution in [0.4, 0.5) is 0 Å². The zero-order chi connectivity index (χ0) is 14.1. The Morgan fingerprint density at radius 3 is 2.65 bits per heavy atom. The van der Waals surface area contributed by atoms with Crippen LogP contribution in [0.1, 0.15) is 38.0 Å². The van der Waals surface area contributed by atoms with Gasteiger partial charge in [-0.15, -0.1) is 5.10 Å². The molecule has 7 nitrogen and oxygen atoms in total. The van der Waals surface area contributed by atoms with Crippen molar-refractivity contribution in [3.05, 3.63) is 16.4 Å². The third-order valence-corrected chi connectivity index (χ3v) is 4.30. The number of carbonyl (C=O) groups excluding carboxylic acids is 1. The van der Waals surface area contributed by atoms with Crippen molar-refractivity contribution in [3.8, 4) is 0 Å². The van der Waals surface area contributed by atoms with Crippen LogP contribution in [-0.2, 0) is 9.53 Å². The summed E-state index contributed by atoms with van der Waals surface area (Å²) in [5, 5.41) is 6.15. The molecule has 2 aliphatic rings. The minimum Gasteiger partial charge on any atom is -0.392 e. The zero-order valence-corrected chi connectivity index (χ0v) is 11.5. The first-order valence-corrected chi connectivity index (χ1v) is 7.11. The van der Waals surface area contributed by atoms with Gasteiger partial charge in [-0.25, -0.2) is 9.89 Å². The number of rotatable bonds is 2. The molecule has 2 unspecified atom stereocenters. The highest BCUT2D eigenvalue weighted by Gasteiger charge is 2.36. The van der Waals surface area contributed by atoms with E-state index in [1.807, 2.05) is 11.8 Å². The van der Waals surface area contributed by atoms with Crippen LogP contribution in [0.3, 0.4) is 0 Å². The zero-order valence-electron chi connectivity index (χ0n) is 11.5. The molecular formula is C13H19N3O4. The second-order valence-electron chi connectivity index (χ2n) is 5.52. The third-order valence-electron chi connectivity index (χ3n) is 4.30. The average Bonchev–Trinajstić information content (AvgIpc) is 3.07. The van der Waals surface area contributed by atoms with Crippen molar-refractivity contribution in [2.75, 3.05) is 19.7 Å². The van der Waals surface area contributed by atoms with Gasteiger partial charge in [-0.3, -0.25) is 4.79 Å². The lowest BCUT2D eigenvalue weighted by Crippen LogP contribution is -2.43. The SMILES string of the molecule is CC1OCCC1C(=O)N1CCC(c2n[nH]c(=O)o2)CC1. The first-order chi connectivity index (χ1) is 9.65. The first-order valence-electron chi connectivity index (χ1n) is 7.11. The van der Waals surface area contributed by atoms with Crippen LogP contribution in [0.2, 0.25) is 0 Å². The van der Waals surface area contributed by atoms with Crippen molar-refractivity contribution < 1.29 is 13.9 Å². The molecule has 3 heterocycles. The third kappa shape index (κ3) is 2.49. The molecule has 0 radical (unpaired) electrons. The Morgan fingerprint density at radius 2 is 2.10 bits per heavy atom. The Kier molecular flexibility index (Phi) is 3.60. The molecule has 7 heteroatoms. The number of hydrogen-bond acceptors (Lipinski definition) is 5. The summed E-state index contributed by atoms with van der Waals surface area (Å²) in [4.78, 5) is 25.3. The number of H-pyrrole nitrogens is 1. The van der Waals surface area contributed by atoms with Crippen LogP contribution in [0.15, 0.2) is 9.21 Å². The number of nitrogens with zero attached hydrogens (tertiary/aromatic N) is 2. The molecule has 20 heavy (non-hydrogen) atoms.